The van der Waals surface area contributed by atoms with Gasteiger partial charge in [0.25, 0.3) is 0 Å². The molecule has 0 aromatic carbocycles. The first-order valence-corrected chi connectivity index (χ1v) is 6.65. The predicted molar refractivity (Wildman–Crippen MR) is 65.0 cm³/mol. The molecule has 0 aromatic heterocycles. The summed E-state index contributed by atoms with van der Waals surface area (Å²) in [6.45, 7) is 5.16. The van der Waals surface area contributed by atoms with E-state index in [0.717, 1.165) is 25.3 Å². The lowest BCUT2D eigenvalue weighted by Gasteiger charge is -2.29. The molecule has 2 N–H and O–H groups in total. The Labute approximate surface area is 94.5 Å². The highest BCUT2D eigenvalue weighted by molar-refractivity contribution is 4.76. The summed E-state index contributed by atoms with van der Waals surface area (Å²) in [5.41, 5.74) is 0. The van der Waals surface area contributed by atoms with Crippen molar-refractivity contribution in [1.82, 2.24) is 5.32 Å². The minimum Gasteiger partial charge on any atom is -0.392 e. The first-order chi connectivity index (χ1) is 7.24. The molecule has 0 spiro atoms. The van der Waals surface area contributed by atoms with Crippen molar-refractivity contribution in [2.75, 3.05) is 6.54 Å². The maximum Gasteiger partial charge on any atom is 0.0664 e. The van der Waals surface area contributed by atoms with Crippen molar-refractivity contribution in [3.63, 3.8) is 0 Å². The molecular weight excluding hydrogens is 186 g/mol. The summed E-state index contributed by atoms with van der Waals surface area (Å²) in [6, 6.07) is 0.580. The Morgan fingerprint density at radius 2 is 1.93 bits per heavy atom. The van der Waals surface area contributed by atoms with Gasteiger partial charge in [0.15, 0.2) is 0 Å². The van der Waals surface area contributed by atoms with Crippen molar-refractivity contribution in [1.29, 1.82) is 0 Å². The lowest BCUT2D eigenvalue weighted by Crippen LogP contribution is -2.39. The minimum absolute atomic E-state index is 0.152. The topological polar surface area (TPSA) is 32.3 Å². The first-order valence-electron chi connectivity index (χ1n) is 6.65. The van der Waals surface area contributed by atoms with E-state index in [-0.39, 0.29) is 6.10 Å². The van der Waals surface area contributed by atoms with E-state index in [9.17, 15) is 5.11 Å². The maximum atomic E-state index is 9.63. The standard InChI is InChI=1S/C13H27NO/c1-3-7-13(15)10-14-11(2)12-8-5-4-6-9-12/h11-15H,3-10H2,1-2H3. The van der Waals surface area contributed by atoms with E-state index in [0.29, 0.717) is 6.04 Å². The summed E-state index contributed by atoms with van der Waals surface area (Å²) in [6.07, 6.45) is 8.80. The minimum atomic E-state index is -0.152. The van der Waals surface area contributed by atoms with Gasteiger partial charge in [-0.15, -0.1) is 0 Å². The molecule has 0 bridgehead atoms. The molecule has 0 aromatic rings. The van der Waals surface area contributed by atoms with Crippen LogP contribution in [0.25, 0.3) is 0 Å². The molecule has 0 heterocycles. The fourth-order valence-electron chi connectivity index (χ4n) is 2.56. The molecule has 1 aliphatic carbocycles. The monoisotopic (exact) mass is 213 g/mol. The molecule has 0 amide bonds. The van der Waals surface area contributed by atoms with E-state index < -0.39 is 0 Å². The van der Waals surface area contributed by atoms with Crippen LogP contribution in [0.3, 0.4) is 0 Å². The molecule has 1 fully saturated rings. The second kappa shape index (κ2) is 7.24. The third-order valence-corrected chi connectivity index (χ3v) is 3.65. The van der Waals surface area contributed by atoms with E-state index in [1.54, 1.807) is 0 Å². The molecule has 0 radical (unpaired) electrons. The number of aliphatic hydroxyl groups excluding tert-OH is 1. The summed E-state index contributed by atoms with van der Waals surface area (Å²) < 4.78 is 0. The molecule has 2 nitrogen and oxygen atoms in total. The second-order valence-electron chi connectivity index (χ2n) is 5.04. The Bertz CT molecular complexity index is 155. The average molecular weight is 213 g/mol. The van der Waals surface area contributed by atoms with Gasteiger partial charge in [-0.1, -0.05) is 32.6 Å². The SMILES string of the molecule is CCCC(O)CNC(C)C1CCCCC1. The molecular formula is C13H27NO. The third-order valence-electron chi connectivity index (χ3n) is 3.65. The van der Waals surface area contributed by atoms with Crippen LogP contribution in [0.2, 0.25) is 0 Å². The van der Waals surface area contributed by atoms with Crippen LogP contribution in [0.1, 0.15) is 58.8 Å². The van der Waals surface area contributed by atoms with Gasteiger partial charge in [-0.05, 0) is 32.1 Å². The Hall–Kier alpha value is -0.0800. The van der Waals surface area contributed by atoms with Gasteiger partial charge < -0.3 is 10.4 Å². The maximum absolute atomic E-state index is 9.63. The van der Waals surface area contributed by atoms with Gasteiger partial charge >= 0.3 is 0 Å². The second-order valence-corrected chi connectivity index (χ2v) is 5.04. The van der Waals surface area contributed by atoms with Crippen LogP contribution in [0, 0.1) is 5.92 Å². The summed E-state index contributed by atoms with van der Waals surface area (Å²) in [7, 11) is 0. The lowest BCUT2D eigenvalue weighted by atomic mass is 9.84. The smallest absolute Gasteiger partial charge is 0.0664 e. The summed E-state index contributed by atoms with van der Waals surface area (Å²) in [4.78, 5) is 0. The number of rotatable bonds is 6. The highest BCUT2D eigenvalue weighted by Crippen LogP contribution is 2.26. The van der Waals surface area contributed by atoms with Crippen molar-refractivity contribution in [3.8, 4) is 0 Å². The van der Waals surface area contributed by atoms with Crippen molar-refractivity contribution in [3.05, 3.63) is 0 Å². The van der Waals surface area contributed by atoms with Gasteiger partial charge in [-0.25, -0.2) is 0 Å². The Balaban J connectivity index is 2.13. The Morgan fingerprint density at radius 1 is 1.27 bits per heavy atom. The zero-order valence-corrected chi connectivity index (χ0v) is 10.3. The van der Waals surface area contributed by atoms with Crippen LogP contribution >= 0.6 is 0 Å². The van der Waals surface area contributed by atoms with E-state index in [4.69, 9.17) is 0 Å². The van der Waals surface area contributed by atoms with Crippen LogP contribution in [0.5, 0.6) is 0 Å². The molecule has 0 aliphatic heterocycles. The van der Waals surface area contributed by atoms with Crippen LogP contribution in [-0.2, 0) is 0 Å². The summed E-state index contributed by atoms with van der Waals surface area (Å²) in [5, 5.41) is 13.1. The molecule has 90 valence electrons. The molecule has 1 saturated carbocycles. The van der Waals surface area contributed by atoms with Crippen LogP contribution < -0.4 is 5.32 Å². The van der Waals surface area contributed by atoms with Crippen LogP contribution in [0.15, 0.2) is 0 Å². The number of hydrogen-bond acceptors (Lipinski definition) is 2. The fourth-order valence-corrected chi connectivity index (χ4v) is 2.56. The van der Waals surface area contributed by atoms with Gasteiger partial charge in [-0.2, -0.15) is 0 Å². The highest BCUT2D eigenvalue weighted by atomic mass is 16.3. The van der Waals surface area contributed by atoms with Crippen molar-refractivity contribution in [2.24, 2.45) is 5.92 Å². The molecule has 2 atom stereocenters. The first kappa shape index (κ1) is 13.0. The molecule has 15 heavy (non-hydrogen) atoms. The zero-order chi connectivity index (χ0) is 11.1. The number of hydrogen-bond donors (Lipinski definition) is 2. The quantitative estimate of drug-likeness (QED) is 0.711. The molecule has 1 rings (SSSR count). The normalized spacial score (nSPS) is 22.6. The third kappa shape index (κ3) is 4.98. The van der Waals surface area contributed by atoms with Crippen molar-refractivity contribution in [2.45, 2.75) is 70.9 Å². The summed E-state index contributed by atoms with van der Waals surface area (Å²) >= 11 is 0. The zero-order valence-electron chi connectivity index (χ0n) is 10.3. The van der Waals surface area contributed by atoms with Crippen molar-refractivity contribution < 1.29 is 5.11 Å². The fraction of sp³-hybridized carbons (Fsp3) is 1.00. The Morgan fingerprint density at radius 3 is 2.53 bits per heavy atom. The van der Waals surface area contributed by atoms with Gasteiger partial charge in [0.1, 0.15) is 0 Å². The molecule has 2 heteroatoms. The van der Waals surface area contributed by atoms with Gasteiger partial charge in [0.05, 0.1) is 6.10 Å². The number of nitrogens with one attached hydrogen (secondary N) is 1. The average Bonchev–Trinajstić information content (AvgIpc) is 2.27. The van der Waals surface area contributed by atoms with E-state index in [2.05, 4.69) is 19.2 Å². The molecule has 1 aliphatic rings. The van der Waals surface area contributed by atoms with Crippen LogP contribution in [0.4, 0.5) is 0 Å². The molecule has 0 saturated heterocycles. The predicted octanol–water partition coefficient (Wildman–Crippen LogP) is 2.71. The van der Waals surface area contributed by atoms with Gasteiger partial charge in [0, 0.05) is 12.6 Å². The van der Waals surface area contributed by atoms with Crippen LogP contribution in [-0.4, -0.2) is 23.8 Å². The van der Waals surface area contributed by atoms with E-state index in [1.807, 2.05) is 0 Å². The summed E-state index contributed by atoms with van der Waals surface area (Å²) in [5.74, 6) is 0.840. The lowest BCUT2D eigenvalue weighted by molar-refractivity contribution is 0.149. The largest absolute Gasteiger partial charge is 0.392 e. The molecule has 2 unspecified atom stereocenters. The number of aliphatic hydroxyl groups is 1. The van der Waals surface area contributed by atoms with E-state index in [1.165, 1.54) is 32.1 Å². The van der Waals surface area contributed by atoms with E-state index >= 15 is 0 Å². The Kier molecular flexibility index (Phi) is 6.26. The highest BCUT2D eigenvalue weighted by Gasteiger charge is 2.19. The van der Waals surface area contributed by atoms with Crippen molar-refractivity contribution >= 4 is 0 Å². The van der Waals surface area contributed by atoms with Gasteiger partial charge in [0.2, 0.25) is 0 Å². The van der Waals surface area contributed by atoms with Gasteiger partial charge in [-0.3, -0.25) is 0 Å².